The van der Waals surface area contributed by atoms with Crippen molar-refractivity contribution in [3.63, 3.8) is 0 Å². The van der Waals surface area contributed by atoms with Crippen LogP contribution in [0.5, 0.6) is 17.2 Å². The van der Waals surface area contributed by atoms with Gasteiger partial charge in [0, 0.05) is 25.2 Å². The number of carbonyl (C=O) groups excluding carboxylic acids is 1. The summed E-state index contributed by atoms with van der Waals surface area (Å²) in [6.45, 7) is 0. The van der Waals surface area contributed by atoms with E-state index in [1.54, 1.807) is 0 Å². The maximum Gasteiger partial charge on any atom is 0.321 e. The third-order valence-corrected chi connectivity index (χ3v) is 5.15. The van der Waals surface area contributed by atoms with Crippen molar-refractivity contribution in [1.82, 2.24) is 4.90 Å². The first-order valence-electron chi connectivity index (χ1n) is 6.19. The van der Waals surface area contributed by atoms with Crippen LogP contribution in [0, 0.1) is 0 Å². The lowest BCUT2D eigenvalue weighted by Crippen LogP contribution is -2.40. The number of sulfone groups is 1. The molecule has 1 aliphatic rings. The van der Waals surface area contributed by atoms with E-state index in [4.69, 9.17) is 0 Å². The number of benzene rings is 1. The van der Waals surface area contributed by atoms with Gasteiger partial charge in [0.25, 0.3) is 0 Å². The third-order valence-electron chi connectivity index (χ3n) is 3.40. The number of anilines is 1. The van der Waals surface area contributed by atoms with Gasteiger partial charge in [-0.2, -0.15) is 0 Å². The van der Waals surface area contributed by atoms with Gasteiger partial charge in [-0.3, -0.25) is 0 Å². The number of hydrogen-bond donors (Lipinski definition) is 4. The Balaban J connectivity index is 2.08. The Bertz CT molecular complexity index is 649. The Hall–Kier alpha value is -2.16. The first-order chi connectivity index (χ1) is 9.69. The molecule has 1 fully saturated rings. The van der Waals surface area contributed by atoms with Gasteiger partial charge in [0.1, 0.15) is 0 Å². The van der Waals surface area contributed by atoms with Gasteiger partial charge < -0.3 is 25.5 Å². The van der Waals surface area contributed by atoms with Crippen LogP contribution in [-0.2, 0) is 9.84 Å². The van der Waals surface area contributed by atoms with Crippen molar-refractivity contribution in [2.45, 2.75) is 12.5 Å². The first-order valence-corrected chi connectivity index (χ1v) is 8.01. The quantitative estimate of drug-likeness (QED) is 0.463. The predicted molar refractivity (Wildman–Crippen MR) is 75.3 cm³/mol. The van der Waals surface area contributed by atoms with Gasteiger partial charge >= 0.3 is 6.03 Å². The van der Waals surface area contributed by atoms with E-state index in [1.165, 1.54) is 11.9 Å². The van der Waals surface area contributed by atoms with E-state index in [0.717, 1.165) is 12.1 Å². The van der Waals surface area contributed by atoms with Gasteiger partial charge in [-0.25, -0.2) is 13.2 Å². The first kappa shape index (κ1) is 15.2. The molecule has 1 unspecified atom stereocenters. The molecule has 1 aliphatic heterocycles. The van der Waals surface area contributed by atoms with Crippen molar-refractivity contribution in [1.29, 1.82) is 0 Å². The Labute approximate surface area is 121 Å². The van der Waals surface area contributed by atoms with Gasteiger partial charge in [-0.05, 0) is 6.42 Å². The number of nitrogens with one attached hydrogen (secondary N) is 1. The van der Waals surface area contributed by atoms with Gasteiger partial charge in [-0.15, -0.1) is 0 Å². The summed E-state index contributed by atoms with van der Waals surface area (Å²) >= 11 is 0. The second-order valence-electron chi connectivity index (χ2n) is 4.96. The molecular formula is C12H16N2O6S. The molecule has 0 radical (unpaired) electrons. The number of amides is 2. The highest BCUT2D eigenvalue weighted by atomic mass is 32.2. The highest BCUT2D eigenvalue weighted by Crippen LogP contribution is 2.37. The Morgan fingerprint density at radius 2 is 1.86 bits per heavy atom. The zero-order chi connectivity index (χ0) is 15.8. The molecule has 2 amide bonds. The third kappa shape index (κ3) is 3.30. The minimum atomic E-state index is -3.10. The average Bonchev–Trinajstić information content (AvgIpc) is 2.75. The lowest BCUT2D eigenvalue weighted by Gasteiger charge is -2.23. The number of phenols is 3. The molecule has 21 heavy (non-hydrogen) atoms. The maximum atomic E-state index is 12.0. The van der Waals surface area contributed by atoms with Crippen molar-refractivity contribution in [2.24, 2.45) is 0 Å². The fourth-order valence-electron chi connectivity index (χ4n) is 2.13. The van der Waals surface area contributed by atoms with Crippen LogP contribution in [-0.4, -0.2) is 59.3 Å². The van der Waals surface area contributed by atoms with Gasteiger partial charge in [0.05, 0.1) is 17.2 Å². The van der Waals surface area contributed by atoms with Crippen LogP contribution in [0.15, 0.2) is 12.1 Å². The van der Waals surface area contributed by atoms with Crippen LogP contribution < -0.4 is 5.32 Å². The molecule has 116 valence electrons. The number of carbonyl (C=O) groups is 1. The lowest BCUT2D eigenvalue weighted by molar-refractivity contribution is 0.209. The normalized spacial score (nSPS) is 20.1. The molecule has 4 N–H and O–H groups in total. The van der Waals surface area contributed by atoms with Crippen molar-refractivity contribution >= 4 is 21.6 Å². The fraction of sp³-hybridized carbons (Fsp3) is 0.417. The second-order valence-corrected chi connectivity index (χ2v) is 7.19. The van der Waals surface area contributed by atoms with E-state index < -0.39 is 39.2 Å². The highest BCUT2D eigenvalue weighted by Gasteiger charge is 2.32. The van der Waals surface area contributed by atoms with E-state index in [0.29, 0.717) is 6.42 Å². The number of aromatic hydroxyl groups is 3. The number of rotatable bonds is 2. The summed E-state index contributed by atoms with van der Waals surface area (Å²) < 4.78 is 22.8. The SMILES string of the molecule is CN(C(=O)Nc1cc(O)c(O)c(O)c1)C1CCS(=O)(=O)C1. The van der Waals surface area contributed by atoms with Crippen LogP contribution in [0.25, 0.3) is 0 Å². The molecule has 9 heteroatoms. The van der Waals surface area contributed by atoms with Crippen molar-refractivity contribution < 1.29 is 28.5 Å². The fourth-order valence-corrected chi connectivity index (χ4v) is 3.91. The molecule has 0 aliphatic carbocycles. The minimum absolute atomic E-state index is 0.0517. The van der Waals surface area contributed by atoms with Crippen LogP contribution in [0.1, 0.15) is 6.42 Å². The van der Waals surface area contributed by atoms with Crippen LogP contribution in [0.4, 0.5) is 10.5 Å². The standard InChI is InChI=1S/C12H16N2O6S/c1-14(8-2-3-21(19,20)6-8)12(18)13-7-4-9(15)11(17)10(16)5-7/h4-5,8,15-17H,2-3,6H2,1H3,(H,13,18). The van der Waals surface area contributed by atoms with Crippen LogP contribution >= 0.6 is 0 Å². The van der Waals surface area contributed by atoms with Crippen molar-refractivity contribution in [3.05, 3.63) is 12.1 Å². The molecule has 1 heterocycles. The lowest BCUT2D eigenvalue weighted by atomic mass is 10.2. The maximum absolute atomic E-state index is 12.0. The van der Waals surface area contributed by atoms with E-state index in [9.17, 15) is 28.5 Å². The van der Waals surface area contributed by atoms with E-state index in [-0.39, 0.29) is 17.2 Å². The summed E-state index contributed by atoms with van der Waals surface area (Å²) in [5.41, 5.74) is 0.0838. The van der Waals surface area contributed by atoms with Gasteiger partial charge in [0.15, 0.2) is 27.1 Å². The van der Waals surface area contributed by atoms with Crippen LogP contribution in [0.3, 0.4) is 0 Å². The topological polar surface area (TPSA) is 127 Å². The Kier molecular flexibility index (Phi) is 3.86. The molecule has 0 aromatic heterocycles. The molecule has 0 saturated carbocycles. The summed E-state index contributed by atoms with van der Waals surface area (Å²) in [4.78, 5) is 13.3. The largest absolute Gasteiger partial charge is 0.504 e. The smallest absolute Gasteiger partial charge is 0.321 e. The van der Waals surface area contributed by atoms with Gasteiger partial charge in [0.2, 0.25) is 0 Å². The molecule has 2 rings (SSSR count). The summed E-state index contributed by atoms with van der Waals surface area (Å²) in [6.07, 6.45) is 0.373. The molecule has 1 aromatic rings. The number of nitrogens with zero attached hydrogens (tertiary/aromatic N) is 1. The minimum Gasteiger partial charge on any atom is -0.504 e. The molecule has 1 atom stereocenters. The number of hydrogen-bond acceptors (Lipinski definition) is 6. The second kappa shape index (κ2) is 5.32. The molecule has 0 bridgehead atoms. The summed E-state index contributed by atoms with van der Waals surface area (Å²) in [7, 11) is -1.63. The zero-order valence-electron chi connectivity index (χ0n) is 11.3. The van der Waals surface area contributed by atoms with E-state index in [1.807, 2.05) is 0 Å². The summed E-state index contributed by atoms with van der Waals surface area (Å²) in [5, 5.41) is 30.3. The molecule has 1 aromatic carbocycles. The van der Waals surface area contributed by atoms with Gasteiger partial charge in [-0.1, -0.05) is 0 Å². The average molecular weight is 316 g/mol. The van der Waals surface area contributed by atoms with Crippen molar-refractivity contribution in [2.75, 3.05) is 23.9 Å². The van der Waals surface area contributed by atoms with Crippen LogP contribution in [0.2, 0.25) is 0 Å². The highest BCUT2D eigenvalue weighted by molar-refractivity contribution is 7.91. The summed E-state index contributed by atoms with van der Waals surface area (Å²) in [6, 6.07) is 1.18. The Morgan fingerprint density at radius 3 is 2.33 bits per heavy atom. The molecular weight excluding hydrogens is 300 g/mol. The van der Waals surface area contributed by atoms with E-state index in [2.05, 4.69) is 5.32 Å². The Morgan fingerprint density at radius 1 is 1.29 bits per heavy atom. The monoisotopic (exact) mass is 316 g/mol. The number of urea groups is 1. The van der Waals surface area contributed by atoms with Crippen molar-refractivity contribution in [3.8, 4) is 17.2 Å². The number of phenolic OH excluding ortho intramolecular Hbond substituents is 3. The molecule has 8 nitrogen and oxygen atoms in total. The van der Waals surface area contributed by atoms with E-state index >= 15 is 0 Å². The molecule has 1 saturated heterocycles. The zero-order valence-corrected chi connectivity index (χ0v) is 12.1. The summed E-state index contributed by atoms with van der Waals surface area (Å²) in [5.74, 6) is -1.85. The predicted octanol–water partition coefficient (Wildman–Crippen LogP) is 0.454. The molecule has 0 spiro atoms.